The van der Waals surface area contributed by atoms with Gasteiger partial charge in [0.25, 0.3) is 5.91 Å². The number of hydrogen-bond acceptors (Lipinski definition) is 9. The minimum atomic E-state index is -0.899. The smallest absolute Gasteiger partial charge is 0.407 e. The number of carbonyl (C=O) groups excluding carboxylic acids is 4. The molecule has 5 unspecified atom stereocenters. The number of nitrogens with one attached hydrogen (secondary N) is 4. The van der Waals surface area contributed by atoms with Crippen LogP contribution in [-0.4, -0.2) is 93.6 Å². The summed E-state index contributed by atoms with van der Waals surface area (Å²) in [5.74, 6) is 1.60. The van der Waals surface area contributed by atoms with E-state index in [1.54, 1.807) is 23.1 Å². The van der Waals surface area contributed by atoms with Gasteiger partial charge in [-0.2, -0.15) is 0 Å². The van der Waals surface area contributed by atoms with Gasteiger partial charge in [-0.1, -0.05) is 62.4 Å². The molecule has 16 heteroatoms. The molecule has 5 atom stereocenters. The average Bonchev–Trinajstić information content (AvgIpc) is 4.13. The van der Waals surface area contributed by atoms with Gasteiger partial charge in [0.15, 0.2) is 0 Å². The number of rotatable bonds is 11. The largest absolute Gasteiger partial charge is 0.488 e. The van der Waals surface area contributed by atoms with Crippen LogP contribution in [0.5, 0.6) is 5.75 Å². The molecule has 63 heavy (non-hydrogen) atoms. The highest BCUT2D eigenvalue weighted by Gasteiger charge is 2.42. The Labute approximate surface area is 363 Å². The second-order valence-electron chi connectivity index (χ2n) is 17.0. The molecule has 0 bridgehead atoms. The summed E-state index contributed by atoms with van der Waals surface area (Å²) < 4.78 is 16.8. The van der Waals surface area contributed by atoms with Crippen LogP contribution in [-0.2, 0) is 25.7 Å². The van der Waals surface area contributed by atoms with Crippen molar-refractivity contribution in [1.82, 2.24) is 40.4 Å². The standard InChI is InChI=1S/C47H51N9O7/c1-25(2)39(53-46(48)59)44(57)56-22-26(23-61-3)17-37(56)43-50-34-15-13-28-19-33-31-14-12-29(18-30(31)24-63-38(33)20-32(28)41(34)52-43)35-21-49-42(51-35)36-11-8-16-55(36)45(58)40(54-47(60)62-4)27-9-6-5-7-10-27/h5-7,9-10,12-15,18-21,25-26,36-37,39-40H,8,11,16-17,22-24H2,1-4H3,(H,49,51)(H,50,52)(H,54,60)(H3,48,53,59). The van der Waals surface area contributed by atoms with E-state index in [0.29, 0.717) is 49.9 Å². The van der Waals surface area contributed by atoms with Crippen molar-refractivity contribution in [3.63, 3.8) is 0 Å². The lowest BCUT2D eigenvalue weighted by Crippen LogP contribution is -2.52. The number of nitrogens with two attached hydrogens (primary N) is 1. The molecule has 2 fully saturated rings. The highest BCUT2D eigenvalue weighted by atomic mass is 16.5. The first-order valence-corrected chi connectivity index (χ1v) is 21.3. The van der Waals surface area contributed by atoms with Gasteiger partial charge in [-0.25, -0.2) is 19.6 Å². The van der Waals surface area contributed by atoms with Crippen molar-refractivity contribution in [2.75, 3.05) is 33.9 Å². The number of H-pyrrole nitrogens is 2. The normalized spacial score (nSPS) is 19.1. The van der Waals surface area contributed by atoms with Gasteiger partial charge in [-0.05, 0) is 77.1 Å². The maximum atomic E-state index is 14.0. The number of hydrogen-bond donors (Lipinski definition) is 5. The molecule has 0 radical (unpaired) electrons. The number of imidazole rings is 2. The number of primary amides is 1. The third kappa shape index (κ3) is 7.90. The summed E-state index contributed by atoms with van der Waals surface area (Å²) >= 11 is 0. The second-order valence-corrected chi connectivity index (χ2v) is 17.0. The van der Waals surface area contributed by atoms with Crippen LogP contribution in [0.25, 0.3) is 44.2 Å². The zero-order valence-corrected chi connectivity index (χ0v) is 35.6. The molecule has 6 aromatic rings. The summed E-state index contributed by atoms with van der Waals surface area (Å²) in [6.07, 6.45) is 3.30. The van der Waals surface area contributed by atoms with Crippen molar-refractivity contribution >= 4 is 45.7 Å². The van der Waals surface area contributed by atoms with E-state index in [1.807, 2.05) is 56.3 Å². The van der Waals surface area contributed by atoms with E-state index in [2.05, 4.69) is 50.9 Å². The number of urea groups is 1. The van der Waals surface area contributed by atoms with Gasteiger partial charge in [0.2, 0.25) is 5.91 Å². The number of methoxy groups -OCH3 is 2. The van der Waals surface area contributed by atoms with Gasteiger partial charge < -0.3 is 50.3 Å². The Morgan fingerprint density at radius 1 is 0.921 bits per heavy atom. The number of benzene rings is 4. The first-order valence-electron chi connectivity index (χ1n) is 21.3. The molecule has 0 spiro atoms. The number of nitrogens with zero attached hydrogens (tertiary/aromatic N) is 4. The highest BCUT2D eigenvalue weighted by molar-refractivity contribution is 6.07. The number of ether oxygens (including phenoxy) is 3. The van der Waals surface area contributed by atoms with Crippen LogP contribution >= 0.6 is 0 Å². The average molecular weight is 854 g/mol. The number of amides is 5. The Kier molecular flexibility index (Phi) is 11.2. The van der Waals surface area contributed by atoms with Gasteiger partial charge in [0.1, 0.15) is 36.1 Å². The van der Waals surface area contributed by atoms with Crippen molar-refractivity contribution in [2.45, 2.75) is 63.9 Å². The summed E-state index contributed by atoms with van der Waals surface area (Å²) in [6.45, 7) is 5.62. The van der Waals surface area contributed by atoms with Gasteiger partial charge in [-0.3, -0.25) is 9.59 Å². The van der Waals surface area contributed by atoms with Gasteiger partial charge in [-0.15, -0.1) is 0 Å². The fourth-order valence-corrected chi connectivity index (χ4v) is 9.50. The summed E-state index contributed by atoms with van der Waals surface area (Å²) in [5, 5.41) is 7.28. The third-order valence-corrected chi connectivity index (χ3v) is 12.6. The van der Waals surface area contributed by atoms with Crippen molar-refractivity contribution in [1.29, 1.82) is 0 Å². The highest BCUT2D eigenvalue weighted by Crippen LogP contribution is 2.44. The predicted octanol–water partition coefficient (Wildman–Crippen LogP) is 6.66. The van der Waals surface area contributed by atoms with E-state index in [0.717, 1.165) is 68.3 Å². The van der Waals surface area contributed by atoms with Crippen molar-refractivity contribution < 1.29 is 33.4 Å². The Bertz CT molecular complexity index is 2710. The number of alkyl carbamates (subject to hydrolysis) is 1. The van der Waals surface area contributed by atoms with Crippen LogP contribution < -0.4 is 21.1 Å². The van der Waals surface area contributed by atoms with E-state index in [9.17, 15) is 19.2 Å². The molecule has 3 aliphatic heterocycles. The van der Waals surface area contributed by atoms with Crippen molar-refractivity contribution in [3.05, 3.63) is 102 Å². The predicted molar refractivity (Wildman–Crippen MR) is 235 cm³/mol. The third-order valence-electron chi connectivity index (χ3n) is 12.6. The van der Waals surface area contributed by atoms with Gasteiger partial charge in [0, 0.05) is 37.1 Å². The minimum absolute atomic E-state index is 0.0939. The molecule has 9 rings (SSSR count). The van der Waals surface area contributed by atoms with Crippen LogP contribution in [0.2, 0.25) is 0 Å². The molecular weight excluding hydrogens is 803 g/mol. The first-order chi connectivity index (χ1) is 30.5. The van der Waals surface area contributed by atoms with E-state index in [-0.39, 0.29) is 35.7 Å². The van der Waals surface area contributed by atoms with E-state index < -0.39 is 24.2 Å². The van der Waals surface area contributed by atoms with Crippen LogP contribution in [0, 0.1) is 11.8 Å². The Hall–Kier alpha value is -6.94. The summed E-state index contributed by atoms with van der Waals surface area (Å²) in [5.41, 5.74) is 12.6. The summed E-state index contributed by atoms with van der Waals surface area (Å²) in [6, 6.07) is 20.7. The van der Waals surface area contributed by atoms with Crippen molar-refractivity contribution in [2.24, 2.45) is 17.6 Å². The molecule has 4 aromatic carbocycles. The lowest BCUT2D eigenvalue weighted by Gasteiger charge is -2.30. The Balaban J connectivity index is 0.968. The van der Waals surface area contributed by atoms with Crippen LogP contribution in [0.1, 0.15) is 74.0 Å². The van der Waals surface area contributed by atoms with E-state index in [1.165, 1.54) is 7.11 Å². The lowest BCUT2D eigenvalue weighted by molar-refractivity contribution is -0.136. The Morgan fingerprint density at radius 2 is 1.75 bits per heavy atom. The molecule has 5 amide bonds. The van der Waals surface area contributed by atoms with Crippen LogP contribution in [0.4, 0.5) is 9.59 Å². The molecule has 2 aromatic heterocycles. The molecule has 0 aliphatic carbocycles. The van der Waals surface area contributed by atoms with E-state index in [4.69, 9.17) is 29.9 Å². The van der Waals surface area contributed by atoms with Crippen molar-refractivity contribution in [3.8, 4) is 28.1 Å². The molecule has 6 N–H and O–H groups in total. The maximum Gasteiger partial charge on any atom is 0.407 e. The molecule has 16 nitrogen and oxygen atoms in total. The Morgan fingerprint density at radius 3 is 2.51 bits per heavy atom. The van der Waals surface area contributed by atoms with Gasteiger partial charge >= 0.3 is 12.1 Å². The molecule has 2 saturated heterocycles. The molecular formula is C47H51N9O7. The molecule has 5 heterocycles. The molecule has 3 aliphatic rings. The lowest BCUT2D eigenvalue weighted by atomic mass is 9.92. The first kappa shape index (κ1) is 41.4. The minimum Gasteiger partial charge on any atom is -0.488 e. The SMILES string of the molecule is COCC1CC(c2nc3c(ccc4cc5c(cc43)OCc3cc(-c4cnc(C6CCCN6C(=O)C(NC(=O)OC)c6ccccc6)[nH]4)ccc3-5)[nH]2)N(C(=O)C(NC(N)=O)C(C)C)C1. The molecule has 0 saturated carbocycles. The number of aromatic nitrogens is 4. The zero-order valence-electron chi connectivity index (χ0n) is 35.6. The maximum absolute atomic E-state index is 14.0. The number of aromatic amines is 2. The fraction of sp³-hybridized carbons (Fsp3) is 0.362. The van der Waals surface area contributed by atoms with E-state index >= 15 is 0 Å². The second kappa shape index (κ2) is 17.1. The quantitative estimate of drug-likeness (QED) is 0.0943. The number of carbonyl (C=O) groups is 4. The number of likely N-dealkylation sites (tertiary alicyclic amines) is 2. The molecule has 326 valence electrons. The number of fused-ring (bicyclic) bond motifs is 6. The topological polar surface area (TPSA) is 210 Å². The fourth-order valence-electron chi connectivity index (χ4n) is 9.50. The van der Waals surface area contributed by atoms with Crippen LogP contribution in [0.15, 0.2) is 79.0 Å². The van der Waals surface area contributed by atoms with Crippen LogP contribution in [0.3, 0.4) is 0 Å². The summed E-state index contributed by atoms with van der Waals surface area (Å²) in [7, 11) is 2.93. The summed E-state index contributed by atoms with van der Waals surface area (Å²) in [4.78, 5) is 72.6. The monoisotopic (exact) mass is 853 g/mol. The van der Waals surface area contributed by atoms with Gasteiger partial charge in [0.05, 0.1) is 48.7 Å². The zero-order chi connectivity index (χ0) is 43.9.